The van der Waals surface area contributed by atoms with Gasteiger partial charge in [0, 0.05) is 13.1 Å². The molecule has 0 radical (unpaired) electrons. The van der Waals surface area contributed by atoms with Gasteiger partial charge in [0.05, 0.1) is 0 Å². The molecule has 0 amide bonds. The second kappa shape index (κ2) is 8.26. The van der Waals surface area contributed by atoms with Gasteiger partial charge in [0.25, 0.3) is 0 Å². The van der Waals surface area contributed by atoms with E-state index in [0.29, 0.717) is 5.92 Å². The van der Waals surface area contributed by atoms with E-state index in [0.717, 1.165) is 26.2 Å². The van der Waals surface area contributed by atoms with Gasteiger partial charge in [0.2, 0.25) is 0 Å². The van der Waals surface area contributed by atoms with Crippen LogP contribution in [0.5, 0.6) is 0 Å². The van der Waals surface area contributed by atoms with E-state index in [1.807, 2.05) is 0 Å². The first-order valence-electron chi connectivity index (χ1n) is 6.73. The van der Waals surface area contributed by atoms with Crippen molar-refractivity contribution in [3.05, 3.63) is 35.9 Å². The fourth-order valence-electron chi connectivity index (χ4n) is 2.04. The normalized spacial score (nSPS) is 12.9. The molecule has 1 N–H and O–H groups in total. The number of nitrogens with one attached hydrogen (secondary N) is 1. The number of hydrogen-bond donors (Lipinski definition) is 1. The van der Waals surface area contributed by atoms with Crippen molar-refractivity contribution in [3.63, 3.8) is 0 Å². The van der Waals surface area contributed by atoms with Gasteiger partial charge in [-0.05, 0) is 31.1 Å². The highest BCUT2D eigenvalue weighted by Crippen LogP contribution is 2.06. The van der Waals surface area contributed by atoms with Crippen molar-refractivity contribution in [3.8, 4) is 0 Å². The quantitative estimate of drug-likeness (QED) is 0.744. The van der Waals surface area contributed by atoms with Crippen LogP contribution in [0.25, 0.3) is 0 Å². The standard InChI is InChI=1S/C15H26N2/c1-4-16-11-14(3)12-17(5-2)13-15-9-7-6-8-10-15/h6-10,14,16H,4-5,11-13H2,1-3H3. The number of benzene rings is 1. The highest BCUT2D eigenvalue weighted by Gasteiger charge is 2.08. The molecule has 96 valence electrons. The van der Waals surface area contributed by atoms with E-state index in [4.69, 9.17) is 0 Å². The first-order valence-corrected chi connectivity index (χ1v) is 6.73. The van der Waals surface area contributed by atoms with E-state index >= 15 is 0 Å². The Balaban J connectivity index is 2.38. The van der Waals surface area contributed by atoms with Gasteiger partial charge in [-0.25, -0.2) is 0 Å². The Morgan fingerprint density at radius 3 is 2.47 bits per heavy atom. The molecule has 0 fully saturated rings. The van der Waals surface area contributed by atoms with E-state index in [1.165, 1.54) is 12.1 Å². The second-order valence-electron chi connectivity index (χ2n) is 4.73. The van der Waals surface area contributed by atoms with Crippen LogP contribution in [0.4, 0.5) is 0 Å². The zero-order valence-corrected chi connectivity index (χ0v) is 11.4. The van der Waals surface area contributed by atoms with Crippen molar-refractivity contribution in [2.24, 2.45) is 5.92 Å². The maximum Gasteiger partial charge on any atom is 0.0233 e. The zero-order valence-electron chi connectivity index (χ0n) is 11.4. The summed E-state index contributed by atoms with van der Waals surface area (Å²) in [6, 6.07) is 10.7. The molecule has 0 aliphatic carbocycles. The largest absolute Gasteiger partial charge is 0.317 e. The average molecular weight is 234 g/mol. The van der Waals surface area contributed by atoms with Crippen molar-refractivity contribution in [2.45, 2.75) is 27.3 Å². The molecular formula is C15H26N2. The van der Waals surface area contributed by atoms with Gasteiger partial charge < -0.3 is 5.32 Å². The lowest BCUT2D eigenvalue weighted by atomic mass is 10.1. The summed E-state index contributed by atoms with van der Waals surface area (Å²) in [5, 5.41) is 3.41. The Labute approximate surface area is 106 Å². The van der Waals surface area contributed by atoms with Crippen molar-refractivity contribution in [1.29, 1.82) is 0 Å². The minimum Gasteiger partial charge on any atom is -0.317 e. The van der Waals surface area contributed by atoms with Gasteiger partial charge in [-0.1, -0.05) is 51.1 Å². The van der Waals surface area contributed by atoms with Crippen LogP contribution in [0.2, 0.25) is 0 Å². The third-order valence-electron chi connectivity index (χ3n) is 3.01. The third-order valence-corrected chi connectivity index (χ3v) is 3.01. The van der Waals surface area contributed by atoms with E-state index in [9.17, 15) is 0 Å². The minimum atomic E-state index is 0.707. The molecule has 0 aliphatic heterocycles. The second-order valence-corrected chi connectivity index (χ2v) is 4.73. The summed E-state index contributed by atoms with van der Waals surface area (Å²) in [4.78, 5) is 2.51. The van der Waals surface area contributed by atoms with Crippen LogP contribution in [0, 0.1) is 5.92 Å². The van der Waals surface area contributed by atoms with Crippen LogP contribution in [-0.2, 0) is 6.54 Å². The Hall–Kier alpha value is -0.860. The Kier molecular flexibility index (Phi) is 6.90. The van der Waals surface area contributed by atoms with Crippen molar-refractivity contribution >= 4 is 0 Å². The molecule has 2 heteroatoms. The maximum atomic E-state index is 3.41. The Bertz CT molecular complexity index is 284. The van der Waals surface area contributed by atoms with E-state index < -0.39 is 0 Å². The smallest absolute Gasteiger partial charge is 0.0233 e. The fraction of sp³-hybridized carbons (Fsp3) is 0.600. The summed E-state index contributed by atoms with van der Waals surface area (Å²) in [6.07, 6.45) is 0. The molecule has 17 heavy (non-hydrogen) atoms. The topological polar surface area (TPSA) is 15.3 Å². The van der Waals surface area contributed by atoms with Crippen LogP contribution >= 0.6 is 0 Å². The molecule has 0 bridgehead atoms. The maximum absolute atomic E-state index is 3.41. The first kappa shape index (κ1) is 14.2. The number of rotatable bonds is 8. The van der Waals surface area contributed by atoms with Gasteiger partial charge in [0.1, 0.15) is 0 Å². The van der Waals surface area contributed by atoms with Gasteiger partial charge in [-0.15, -0.1) is 0 Å². The SMILES string of the molecule is CCNCC(C)CN(CC)Cc1ccccc1. The van der Waals surface area contributed by atoms with Crippen molar-refractivity contribution < 1.29 is 0 Å². The Morgan fingerprint density at radius 1 is 1.18 bits per heavy atom. The van der Waals surface area contributed by atoms with E-state index in [-0.39, 0.29) is 0 Å². The molecule has 2 nitrogen and oxygen atoms in total. The lowest BCUT2D eigenvalue weighted by Crippen LogP contribution is -2.33. The summed E-state index contributed by atoms with van der Waals surface area (Å²) < 4.78 is 0. The zero-order chi connectivity index (χ0) is 12.5. The van der Waals surface area contributed by atoms with Gasteiger partial charge in [0.15, 0.2) is 0 Å². The molecule has 1 atom stereocenters. The van der Waals surface area contributed by atoms with Gasteiger partial charge in [-0.3, -0.25) is 4.90 Å². The monoisotopic (exact) mass is 234 g/mol. The predicted molar refractivity (Wildman–Crippen MR) is 75.1 cm³/mol. The lowest BCUT2D eigenvalue weighted by molar-refractivity contribution is 0.238. The van der Waals surface area contributed by atoms with Crippen LogP contribution in [0.15, 0.2) is 30.3 Å². The highest BCUT2D eigenvalue weighted by atomic mass is 15.1. The van der Waals surface area contributed by atoms with Crippen LogP contribution in [0.1, 0.15) is 26.3 Å². The number of nitrogens with zero attached hydrogens (tertiary/aromatic N) is 1. The molecule has 0 heterocycles. The fourth-order valence-corrected chi connectivity index (χ4v) is 2.04. The summed E-state index contributed by atoms with van der Waals surface area (Å²) >= 11 is 0. The molecule has 0 spiro atoms. The molecule has 1 unspecified atom stereocenters. The summed E-state index contributed by atoms with van der Waals surface area (Å²) in [5.74, 6) is 0.707. The molecular weight excluding hydrogens is 208 g/mol. The molecule has 1 rings (SSSR count). The van der Waals surface area contributed by atoms with E-state index in [1.54, 1.807) is 0 Å². The van der Waals surface area contributed by atoms with Crippen LogP contribution in [0.3, 0.4) is 0 Å². The van der Waals surface area contributed by atoms with Crippen molar-refractivity contribution in [1.82, 2.24) is 10.2 Å². The van der Waals surface area contributed by atoms with Crippen LogP contribution in [-0.4, -0.2) is 31.1 Å². The molecule has 0 saturated carbocycles. The Morgan fingerprint density at radius 2 is 1.88 bits per heavy atom. The highest BCUT2D eigenvalue weighted by molar-refractivity contribution is 5.14. The van der Waals surface area contributed by atoms with E-state index in [2.05, 4.69) is 61.3 Å². The predicted octanol–water partition coefficient (Wildman–Crippen LogP) is 2.75. The molecule has 1 aromatic carbocycles. The molecule has 1 aromatic rings. The molecule has 0 saturated heterocycles. The third kappa shape index (κ3) is 5.85. The number of hydrogen-bond acceptors (Lipinski definition) is 2. The molecule has 0 aliphatic rings. The molecule has 0 aromatic heterocycles. The summed E-state index contributed by atoms with van der Waals surface area (Å²) in [5.41, 5.74) is 1.41. The summed E-state index contributed by atoms with van der Waals surface area (Å²) in [7, 11) is 0. The summed E-state index contributed by atoms with van der Waals surface area (Å²) in [6.45, 7) is 12.2. The first-order chi connectivity index (χ1) is 8.26. The van der Waals surface area contributed by atoms with Gasteiger partial charge >= 0.3 is 0 Å². The average Bonchev–Trinajstić information content (AvgIpc) is 2.36. The van der Waals surface area contributed by atoms with Gasteiger partial charge in [-0.2, -0.15) is 0 Å². The minimum absolute atomic E-state index is 0.707. The lowest BCUT2D eigenvalue weighted by Gasteiger charge is -2.24. The van der Waals surface area contributed by atoms with Crippen molar-refractivity contribution in [2.75, 3.05) is 26.2 Å². The van der Waals surface area contributed by atoms with Crippen LogP contribution < -0.4 is 5.32 Å².